The minimum Gasteiger partial charge on any atom is -0.457 e. The quantitative estimate of drug-likeness (QED) is 0.344. The Balaban J connectivity index is 1.33. The standard InChI is InChI=1S/C27H28FN5O3/c1-16(2)21-12-18(4-6-22(21)28)30-27-31-23-13-19(5-7-24(23)33(27)3)36-20-8-10-29-25(14-20)32-26(34)17-9-11-35-15-17/h4-8,10,12-14,16-17H,9,11,15H2,1-3H3,(H,30,31)(H,29,32,34). The van der Waals surface area contributed by atoms with E-state index in [4.69, 9.17) is 14.5 Å². The number of nitrogens with one attached hydrogen (secondary N) is 2. The zero-order valence-corrected chi connectivity index (χ0v) is 20.4. The predicted octanol–water partition coefficient (Wildman–Crippen LogP) is 5.74. The lowest BCUT2D eigenvalue weighted by atomic mass is 10.0. The summed E-state index contributed by atoms with van der Waals surface area (Å²) in [6, 6.07) is 14.0. The highest BCUT2D eigenvalue weighted by atomic mass is 19.1. The molecule has 0 saturated carbocycles. The molecule has 2 aromatic heterocycles. The first-order valence-corrected chi connectivity index (χ1v) is 11.9. The number of amides is 1. The van der Waals surface area contributed by atoms with Crippen molar-refractivity contribution >= 4 is 34.4 Å². The van der Waals surface area contributed by atoms with Gasteiger partial charge in [-0.05, 0) is 54.3 Å². The number of aryl methyl sites for hydroxylation is 1. The zero-order chi connectivity index (χ0) is 25.2. The largest absolute Gasteiger partial charge is 0.457 e. The van der Waals surface area contributed by atoms with Crippen molar-refractivity contribution in [3.8, 4) is 11.5 Å². The molecular formula is C27H28FN5O3. The van der Waals surface area contributed by atoms with E-state index in [9.17, 15) is 9.18 Å². The minimum absolute atomic E-state index is 0.0747. The third-order valence-corrected chi connectivity index (χ3v) is 6.25. The Morgan fingerprint density at radius 1 is 1.17 bits per heavy atom. The first-order chi connectivity index (χ1) is 17.4. The molecule has 186 valence electrons. The molecule has 9 heteroatoms. The van der Waals surface area contributed by atoms with Crippen LogP contribution >= 0.6 is 0 Å². The van der Waals surface area contributed by atoms with Gasteiger partial charge in [0.1, 0.15) is 23.1 Å². The van der Waals surface area contributed by atoms with Crippen LogP contribution in [0.5, 0.6) is 11.5 Å². The number of aromatic nitrogens is 3. The van der Waals surface area contributed by atoms with Crippen LogP contribution in [0.4, 0.5) is 21.8 Å². The molecule has 8 nitrogen and oxygen atoms in total. The van der Waals surface area contributed by atoms with Crippen molar-refractivity contribution < 1.29 is 18.7 Å². The van der Waals surface area contributed by atoms with Crippen LogP contribution in [0, 0.1) is 11.7 Å². The lowest BCUT2D eigenvalue weighted by Gasteiger charge is -2.11. The molecule has 0 radical (unpaired) electrons. The lowest BCUT2D eigenvalue weighted by Crippen LogP contribution is -2.23. The number of carbonyl (C=O) groups is 1. The summed E-state index contributed by atoms with van der Waals surface area (Å²) in [6.45, 7) is 4.96. The molecule has 1 aliphatic heterocycles. The van der Waals surface area contributed by atoms with E-state index < -0.39 is 0 Å². The van der Waals surface area contributed by atoms with Crippen molar-refractivity contribution in [3.63, 3.8) is 0 Å². The molecule has 2 aromatic carbocycles. The van der Waals surface area contributed by atoms with Gasteiger partial charge in [-0.15, -0.1) is 0 Å². The molecule has 4 aromatic rings. The van der Waals surface area contributed by atoms with Gasteiger partial charge in [-0.3, -0.25) is 4.79 Å². The van der Waals surface area contributed by atoms with Gasteiger partial charge in [0.15, 0.2) is 0 Å². The van der Waals surface area contributed by atoms with Crippen LogP contribution in [0.3, 0.4) is 0 Å². The van der Waals surface area contributed by atoms with Gasteiger partial charge in [0.25, 0.3) is 0 Å². The number of imidazole rings is 1. The molecule has 36 heavy (non-hydrogen) atoms. The van der Waals surface area contributed by atoms with E-state index in [1.165, 1.54) is 6.07 Å². The number of pyridine rings is 1. The highest BCUT2D eigenvalue weighted by Crippen LogP contribution is 2.30. The van der Waals surface area contributed by atoms with Gasteiger partial charge >= 0.3 is 0 Å². The number of hydrogen-bond acceptors (Lipinski definition) is 6. The maximum absolute atomic E-state index is 14.1. The van der Waals surface area contributed by atoms with Crippen molar-refractivity contribution in [2.75, 3.05) is 23.8 Å². The fourth-order valence-electron chi connectivity index (χ4n) is 4.20. The molecule has 3 heterocycles. The summed E-state index contributed by atoms with van der Waals surface area (Å²) in [6.07, 6.45) is 2.30. The number of anilines is 3. The van der Waals surface area contributed by atoms with E-state index in [2.05, 4.69) is 15.6 Å². The Hall–Kier alpha value is -3.98. The Kier molecular flexibility index (Phi) is 6.56. The second-order valence-corrected chi connectivity index (χ2v) is 9.19. The number of halogens is 1. The summed E-state index contributed by atoms with van der Waals surface area (Å²) < 4.78 is 27.3. The van der Waals surface area contributed by atoms with Gasteiger partial charge in [0, 0.05) is 37.7 Å². The van der Waals surface area contributed by atoms with Gasteiger partial charge < -0.3 is 24.7 Å². The van der Waals surface area contributed by atoms with Crippen LogP contribution in [0.1, 0.15) is 31.7 Å². The third-order valence-electron chi connectivity index (χ3n) is 6.25. The van der Waals surface area contributed by atoms with Gasteiger partial charge in [-0.1, -0.05) is 13.8 Å². The number of nitrogens with zero attached hydrogens (tertiary/aromatic N) is 3. The molecule has 1 aliphatic rings. The van der Waals surface area contributed by atoms with Crippen LogP contribution in [-0.2, 0) is 16.6 Å². The molecule has 2 N–H and O–H groups in total. The average Bonchev–Trinajstić information content (AvgIpc) is 3.49. The second kappa shape index (κ2) is 9.94. The summed E-state index contributed by atoms with van der Waals surface area (Å²) in [5, 5.41) is 6.12. The molecule has 1 amide bonds. The van der Waals surface area contributed by atoms with E-state index in [0.29, 0.717) is 48.5 Å². The predicted molar refractivity (Wildman–Crippen MR) is 136 cm³/mol. The second-order valence-electron chi connectivity index (χ2n) is 9.19. The summed E-state index contributed by atoms with van der Waals surface area (Å²) in [7, 11) is 1.91. The van der Waals surface area contributed by atoms with Crippen LogP contribution in [0.2, 0.25) is 0 Å². The van der Waals surface area contributed by atoms with Crippen molar-refractivity contribution in [3.05, 3.63) is 66.1 Å². The van der Waals surface area contributed by atoms with Crippen molar-refractivity contribution in [1.82, 2.24) is 14.5 Å². The SMILES string of the molecule is CC(C)c1cc(Nc2nc3cc(Oc4ccnc(NC(=O)C5CCOC5)c4)ccc3n2C)ccc1F. The summed E-state index contributed by atoms with van der Waals surface area (Å²) in [5.41, 5.74) is 3.08. The number of benzene rings is 2. The van der Waals surface area contributed by atoms with E-state index in [0.717, 1.165) is 16.7 Å². The minimum atomic E-state index is -0.214. The molecule has 1 saturated heterocycles. The van der Waals surface area contributed by atoms with E-state index >= 15 is 0 Å². The van der Waals surface area contributed by atoms with Crippen LogP contribution in [0.15, 0.2) is 54.7 Å². The molecule has 0 bridgehead atoms. The fourth-order valence-corrected chi connectivity index (χ4v) is 4.20. The third kappa shape index (κ3) is 5.01. The first-order valence-electron chi connectivity index (χ1n) is 11.9. The van der Waals surface area contributed by atoms with Crippen molar-refractivity contribution in [2.45, 2.75) is 26.2 Å². The van der Waals surface area contributed by atoms with Gasteiger partial charge in [0.05, 0.1) is 23.6 Å². The number of ether oxygens (including phenoxy) is 2. The van der Waals surface area contributed by atoms with E-state index in [-0.39, 0.29) is 23.6 Å². The van der Waals surface area contributed by atoms with Crippen LogP contribution < -0.4 is 15.4 Å². The monoisotopic (exact) mass is 489 g/mol. The summed E-state index contributed by atoms with van der Waals surface area (Å²) >= 11 is 0. The van der Waals surface area contributed by atoms with Crippen molar-refractivity contribution in [2.24, 2.45) is 13.0 Å². The molecule has 0 spiro atoms. The first kappa shape index (κ1) is 23.7. The molecule has 1 fully saturated rings. The fraction of sp³-hybridized carbons (Fsp3) is 0.296. The molecule has 1 atom stereocenters. The zero-order valence-electron chi connectivity index (χ0n) is 20.4. The summed E-state index contributed by atoms with van der Waals surface area (Å²) in [5.74, 6) is 1.81. The molecular weight excluding hydrogens is 461 g/mol. The molecule has 1 unspecified atom stereocenters. The van der Waals surface area contributed by atoms with Gasteiger partial charge in [-0.2, -0.15) is 0 Å². The number of fused-ring (bicyclic) bond motifs is 1. The molecule has 5 rings (SSSR count). The number of rotatable bonds is 7. The van der Waals surface area contributed by atoms with Crippen LogP contribution in [-0.4, -0.2) is 33.7 Å². The Bertz CT molecular complexity index is 1410. The Morgan fingerprint density at radius 3 is 2.78 bits per heavy atom. The Labute approximate surface area is 208 Å². The Morgan fingerprint density at radius 2 is 2.00 bits per heavy atom. The maximum atomic E-state index is 14.1. The van der Waals surface area contributed by atoms with E-state index in [1.54, 1.807) is 24.4 Å². The normalized spacial score (nSPS) is 15.4. The molecule has 0 aliphatic carbocycles. The highest BCUT2D eigenvalue weighted by Gasteiger charge is 2.23. The maximum Gasteiger partial charge on any atom is 0.231 e. The van der Waals surface area contributed by atoms with Crippen LogP contribution in [0.25, 0.3) is 11.0 Å². The smallest absolute Gasteiger partial charge is 0.231 e. The number of carbonyl (C=O) groups excluding carboxylic acids is 1. The van der Waals surface area contributed by atoms with Gasteiger partial charge in [0.2, 0.25) is 11.9 Å². The average molecular weight is 490 g/mol. The van der Waals surface area contributed by atoms with Crippen molar-refractivity contribution in [1.29, 1.82) is 0 Å². The van der Waals surface area contributed by atoms with E-state index in [1.807, 2.05) is 49.7 Å². The van der Waals surface area contributed by atoms with Gasteiger partial charge in [-0.25, -0.2) is 14.4 Å². The summed E-state index contributed by atoms with van der Waals surface area (Å²) in [4.78, 5) is 21.3. The number of hydrogen-bond donors (Lipinski definition) is 2. The highest BCUT2D eigenvalue weighted by molar-refractivity contribution is 5.92. The topological polar surface area (TPSA) is 90.3 Å². The lowest BCUT2D eigenvalue weighted by molar-refractivity contribution is -0.119.